The molecule has 2 atom stereocenters. The summed E-state index contributed by atoms with van der Waals surface area (Å²) >= 11 is 5.81. The molecular formula is C29H26N4O4S. The van der Waals surface area contributed by atoms with E-state index in [2.05, 4.69) is 10.3 Å². The normalized spacial score (nSPS) is 19.5. The number of furan rings is 1. The van der Waals surface area contributed by atoms with Gasteiger partial charge < -0.3 is 19.4 Å². The highest BCUT2D eigenvalue weighted by Crippen LogP contribution is 2.43. The maximum Gasteiger partial charge on any atom is 0.270 e. The standard InChI is InChI=1S/C29H26N4O4S/c34-33(35)21-7-5-6-19(18-21)25-15-16-26(37-25)28-27(24-10-3-4-17-30-24)31-29(38)32(28)20-11-13-23(14-12-20)36-22-8-1-2-9-22/h3-7,10-18,22,27-28H,1-2,8-9H2,(H,31,38). The highest BCUT2D eigenvalue weighted by atomic mass is 32.1. The third-order valence-corrected chi connectivity index (χ3v) is 7.39. The molecule has 3 heterocycles. The molecule has 1 N–H and O–H groups in total. The minimum atomic E-state index is -0.411. The van der Waals surface area contributed by atoms with Crippen molar-refractivity contribution in [2.24, 2.45) is 0 Å². The number of nitro groups is 1. The summed E-state index contributed by atoms with van der Waals surface area (Å²) in [6.07, 6.45) is 6.67. The van der Waals surface area contributed by atoms with E-state index in [1.165, 1.54) is 25.0 Å². The molecule has 38 heavy (non-hydrogen) atoms. The Labute approximate surface area is 225 Å². The van der Waals surface area contributed by atoms with Crippen molar-refractivity contribution in [1.82, 2.24) is 10.3 Å². The molecule has 2 fully saturated rings. The molecule has 4 aromatic rings. The number of benzene rings is 2. The number of hydrogen-bond donors (Lipinski definition) is 1. The summed E-state index contributed by atoms with van der Waals surface area (Å²) in [4.78, 5) is 17.5. The fraction of sp³-hybridized carbons (Fsp3) is 0.241. The number of anilines is 1. The van der Waals surface area contributed by atoms with Gasteiger partial charge in [-0.05, 0) is 86.4 Å². The monoisotopic (exact) mass is 526 g/mol. The van der Waals surface area contributed by atoms with Crippen LogP contribution in [0.4, 0.5) is 11.4 Å². The average Bonchev–Trinajstić information content (AvgIpc) is 3.70. The van der Waals surface area contributed by atoms with E-state index in [4.69, 9.17) is 21.4 Å². The van der Waals surface area contributed by atoms with Crippen molar-refractivity contribution in [3.05, 3.63) is 107 Å². The van der Waals surface area contributed by atoms with Crippen LogP contribution >= 0.6 is 12.2 Å². The summed E-state index contributed by atoms with van der Waals surface area (Å²) in [6, 6.07) is 23.3. The summed E-state index contributed by atoms with van der Waals surface area (Å²) in [5.74, 6) is 2.06. The summed E-state index contributed by atoms with van der Waals surface area (Å²) < 4.78 is 12.5. The van der Waals surface area contributed by atoms with Crippen LogP contribution in [-0.4, -0.2) is 21.1 Å². The maximum atomic E-state index is 11.3. The van der Waals surface area contributed by atoms with Crippen LogP contribution in [0.15, 0.2) is 89.5 Å². The van der Waals surface area contributed by atoms with E-state index in [0.717, 1.165) is 30.0 Å². The summed E-state index contributed by atoms with van der Waals surface area (Å²) in [5, 5.41) is 15.3. The maximum absolute atomic E-state index is 11.3. The zero-order valence-electron chi connectivity index (χ0n) is 20.5. The number of hydrogen-bond acceptors (Lipinski definition) is 6. The molecule has 2 aliphatic rings. The fourth-order valence-electron chi connectivity index (χ4n) is 5.25. The lowest BCUT2D eigenvalue weighted by atomic mass is 10.0. The first-order valence-electron chi connectivity index (χ1n) is 12.7. The Hall–Kier alpha value is -4.24. The molecule has 0 radical (unpaired) electrons. The summed E-state index contributed by atoms with van der Waals surface area (Å²) in [6.45, 7) is 0. The van der Waals surface area contributed by atoms with E-state index in [9.17, 15) is 10.1 Å². The molecule has 1 aliphatic heterocycles. The molecule has 0 amide bonds. The number of aromatic nitrogens is 1. The molecule has 9 heteroatoms. The summed E-state index contributed by atoms with van der Waals surface area (Å²) in [7, 11) is 0. The lowest BCUT2D eigenvalue weighted by Gasteiger charge is -2.26. The van der Waals surface area contributed by atoms with Crippen LogP contribution in [0.2, 0.25) is 0 Å². The van der Waals surface area contributed by atoms with Gasteiger partial charge in [0, 0.05) is 29.6 Å². The molecule has 6 rings (SSSR count). The minimum Gasteiger partial charge on any atom is -0.490 e. The Kier molecular flexibility index (Phi) is 6.51. The molecule has 0 spiro atoms. The minimum absolute atomic E-state index is 0.0112. The van der Waals surface area contributed by atoms with Gasteiger partial charge in [0.05, 0.1) is 22.8 Å². The molecule has 2 aromatic carbocycles. The molecule has 2 aromatic heterocycles. The Morgan fingerprint density at radius 3 is 2.58 bits per heavy atom. The number of non-ortho nitro benzene ring substituents is 1. The van der Waals surface area contributed by atoms with Crippen molar-refractivity contribution >= 4 is 28.7 Å². The van der Waals surface area contributed by atoms with Gasteiger partial charge in [0.2, 0.25) is 0 Å². The van der Waals surface area contributed by atoms with Crippen LogP contribution in [0.3, 0.4) is 0 Å². The Morgan fingerprint density at radius 1 is 1.03 bits per heavy atom. The van der Waals surface area contributed by atoms with Crippen LogP contribution in [0.5, 0.6) is 5.75 Å². The highest BCUT2D eigenvalue weighted by molar-refractivity contribution is 7.80. The first-order valence-corrected chi connectivity index (χ1v) is 13.1. The van der Waals surface area contributed by atoms with Crippen molar-refractivity contribution in [2.75, 3.05) is 4.90 Å². The van der Waals surface area contributed by atoms with Crippen LogP contribution in [0.25, 0.3) is 11.3 Å². The van der Waals surface area contributed by atoms with E-state index in [1.54, 1.807) is 18.3 Å². The van der Waals surface area contributed by atoms with Crippen molar-refractivity contribution in [2.45, 2.75) is 43.9 Å². The van der Waals surface area contributed by atoms with Gasteiger partial charge in [0.1, 0.15) is 23.3 Å². The zero-order chi connectivity index (χ0) is 26.1. The third-order valence-electron chi connectivity index (χ3n) is 7.08. The molecule has 192 valence electrons. The first-order chi connectivity index (χ1) is 18.6. The topological polar surface area (TPSA) is 93.7 Å². The molecule has 2 unspecified atom stereocenters. The van der Waals surface area contributed by atoms with E-state index in [0.29, 0.717) is 22.2 Å². The van der Waals surface area contributed by atoms with Gasteiger partial charge in [0.25, 0.3) is 5.69 Å². The Balaban J connectivity index is 1.35. The van der Waals surface area contributed by atoms with Gasteiger partial charge in [-0.2, -0.15) is 0 Å². The van der Waals surface area contributed by atoms with Crippen LogP contribution < -0.4 is 15.0 Å². The van der Waals surface area contributed by atoms with E-state index in [-0.39, 0.29) is 23.9 Å². The number of ether oxygens (including phenoxy) is 1. The van der Waals surface area contributed by atoms with Crippen LogP contribution in [0, 0.1) is 10.1 Å². The van der Waals surface area contributed by atoms with Crippen molar-refractivity contribution in [3.63, 3.8) is 0 Å². The van der Waals surface area contributed by atoms with E-state index in [1.807, 2.05) is 59.5 Å². The van der Waals surface area contributed by atoms with Gasteiger partial charge in [-0.15, -0.1) is 0 Å². The number of nitro benzene ring substituents is 1. The predicted octanol–water partition coefficient (Wildman–Crippen LogP) is 6.75. The molecule has 1 aliphatic carbocycles. The fourth-order valence-corrected chi connectivity index (χ4v) is 5.59. The van der Waals surface area contributed by atoms with Gasteiger partial charge in [-0.3, -0.25) is 15.1 Å². The number of nitrogens with zero attached hydrogens (tertiary/aromatic N) is 3. The zero-order valence-corrected chi connectivity index (χ0v) is 21.3. The highest BCUT2D eigenvalue weighted by Gasteiger charge is 2.42. The van der Waals surface area contributed by atoms with Crippen molar-refractivity contribution < 1.29 is 14.1 Å². The second-order valence-electron chi connectivity index (χ2n) is 9.52. The van der Waals surface area contributed by atoms with Crippen molar-refractivity contribution in [3.8, 4) is 17.1 Å². The lowest BCUT2D eigenvalue weighted by Crippen LogP contribution is -2.29. The molecule has 0 bridgehead atoms. The molecule has 8 nitrogen and oxygen atoms in total. The number of rotatable bonds is 7. The lowest BCUT2D eigenvalue weighted by molar-refractivity contribution is -0.384. The largest absolute Gasteiger partial charge is 0.490 e. The SMILES string of the molecule is O=[N+]([O-])c1cccc(-c2ccc(C3C(c4ccccn4)NC(=S)N3c3ccc(OC4CCCC4)cc3)o2)c1. The Morgan fingerprint density at radius 2 is 1.84 bits per heavy atom. The number of thiocarbonyl (C=S) groups is 1. The van der Waals surface area contributed by atoms with Gasteiger partial charge >= 0.3 is 0 Å². The second-order valence-corrected chi connectivity index (χ2v) is 9.91. The summed E-state index contributed by atoms with van der Waals surface area (Å²) in [5.41, 5.74) is 2.38. The Bertz CT molecular complexity index is 1450. The predicted molar refractivity (Wildman–Crippen MR) is 148 cm³/mol. The smallest absolute Gasteiger partial charge is 0.270 e. The van der Waals surface area contributed by atoms with Gasteiger partial charge in [0.15, 0.2) is 5.11 Å². The number of nitrogens with one attached hydrogen (secondary N) is 1. The third kappa shape index (κ3) is 4.72. The second kappa shape index (κ2) is 10.3. The molecular weight excluding hydrogens is 500 g/mol. The first kappa shape index (κ1) is 24.1. The van der Waals surface area contributed by atoms with Crippen LogP contribution in [0.1, 0.15) is 49.2 Å². The molecule has 1 saturated carbocycles. The quantitative estimate of drug-likeness (QED) is 0.161. The van der Waals surface area contributed by atoms with Crippen molar-refractivity contribution in [1.29, 1.82) is 0 Å². The number of pyridine rings is 1. The van der Waals surface area contributed by atoms with Crippen LogP contribution in [-0.2, 0) is 0 Å². The van der Waals surface area contributed by atoms with E-state index < -0.39 is 4.92 Å². The van der Waals surface area contributed by atoms with E-state index >= 15 is 0 Å². The molecule has 1 saturated heterocycles. The van der Waals surface area contributed by atoms with Gasteiger partial charge in [-0.25, -0.2) is 0 Å². The average molecular weight is 527 g/mol. The van der Waals surface area contributed by atoms with Gasteiger partial charge in [-0.1, -0.05) is 18.2 Å².